The fourth-order valence-corrected chi connectivity index (χ4v) is 2.54. The molecular formula is C17H15Cl2F3N2O. The summed E-state index contributed by atoms with van der Waals surface area (Å²) in [5.41, 5.74) is 2.57. The lowest BCUT2D eigenvalue weighted by Gasteiger charge is -2.13. The third-order valence-electron chi connectivity index (χ3n) is 2.97. The number of halogens is 5. The first-order valence-corrected chi connectivity index (χ1v) is 8.04. The molecule has 0 radical (unpaired) electrons. The second kappa shape index (κ2) is 7.97. The SMILES string of the molecule is CC(C)Oc1c(Cl)cc(C=NNc2cccc(C(F)(F)F)c2)cc1Cl. The van der Waals surface area contributed by atoms with E-state index in [9.17, 15) is 13.2 Å². The quantitative estimate of drug-likeness (QED) is 0.483. The van der Waals surface area contributed by atoms with Crippen LogP contribution in [0.15, 0.2) is 41.5 Å². The second-order valence-corrected chi connectivity index (χ2v) is 6.24. The van der Waals surface area contributed by atoms with Crippen LogP contribution >= 0.6 is 23.2 Å². The molecule has 0 fully saturated rings. The number of hydrogen-bond donors (Lipinski definition) is 1. The maximum absolute atomic E-state index is 12.7. The summed E-state index contributed by atoms with van der Waals surface area (Å²) in [4.78, 5) is 0. The topological polar surface area (TPSA) is 33.6 Å². The largest absolute Gasteiger partial charge is 0.488 e. The summed E-state index contributed by atoms with van der Waals surface area (Å²) in [7, 11) is 0. The van der Waals surface area contributed by atoms with E-state index in [1.165, 1.54) is 18.3 Å². The Morgan fingerprint density at radius 2 is 1.76 bits per heavy atom. The monoisotopic (exact) mass is 390 g/mol. The van der Waals surface area contributed by atoms with Crippen molar-refractivity contribution in [3.05, 3.63) is 57.6 Å². The number of hydrazone groups is 1. The van der Waals surface area contributed by atoms with Gasteiger partial charge in [0.1, 0.15) is 0 Å². The summed E-state index contributed by atoms with van der Waals surface area (Å²) in [6, 6.07) is 7.93. The van der Waals surface area contributed by atoms with E-state index in [-0.39, 0.29) is 11.8 Å². The molecule has 2 aromatic carbocycles. The lowest BCUT2D eigenvalue weighted by molar-refractivity contribution is -0.137. The van der Waals surface area contributed by atoms with Crippen molar-refractivity contribution in [2.45, 2.75) is 26.1 Å². The van der Waals surface area contributed by atoms with Crippen molar-refractivity contribution >= 4 is 35.1 Å². The molecule has 0 atom stereocenters. The maximum atomic E-state index is 12.7. The normalized spacial score (nSPS) is 12.0. The molecule has 0 aliphatic carbocycles. The summed E-state index contributed by atoms with van der Waals surface area (Å²) in [5, 5.41) is 4.55. The van der Waals surface area contributed by atoms with Gasteiger partial charge in [-0.2, -0.15) is 18.3 Å². The van der Waals surface area contributed by atoms with E-state index < -0.39 is 11.7 Å². The van der Waals surface area contributed by atoms with Gasteiger partial charge in [-0.05, 0) is 49.7 Å². The average molecular weight is 391 g/mol. The summed E-state index contributed by atoms with van der Waals surface area (Å²) < 4.78 is 43.5. The van der Waals surface area contributed by atoms with Crippen LogP contribution in [0.4, 0.5) is 18.9 Å². The van der Waals surface area contributed by atoms with Crippen LogP contribution < -0.4 is 10.2 Å². The van der Waals surface area contributed by atoms with Gasteiger partial charge in [-0.1, -0.05) is 29.3 Å². The Hall–Kier alpha value is -1.92. The highest BCUT2D eigenvalue weighted by Crippen LogP contribution is 2.34. The minimum absolute atomic E-state index is 0.0860. The van der Waals surface area contributed by atoms with Gasteiger partial charge >= 0.3 is 6.18 Å². The molecule has 8 heteroatoms. The number of hydrogen-bond acceptors (Lipinski definition) is 3. The van der Waals surface area contributed by atoms with Gasteiger partial charge < -0.3 is 4.74 Å². The van der Waals surface area contributed by atoms with Gasteiger partial charge in [-0.3, -0.25) is 5.43 Å². The third kappa shape index (κ3) is 5.54. The number of nitrogens with zero attached hydrogens (tertiary/aromatic N) is 1. The second-order valence-electron chi connectivity index (χ2n) is 5.43. The Labute approximate surface area is 153 Å². The number of anilines is 1. The van der Waals surface area contributed by atoms with E-state index in [1.54, 1.807) is 12.1 Å². The predicted octanol–water partition coefficient (Wildman–Crippen LogP) is 6.25. The van der Waals surface area contributed by atoms with Gasteiger partial charge in [0, 0.05) is 0 Å². The fraction of sp³-hybridized carbons (Fsp3) is 0.235. The predicted molar refractivity (Wildman–Crippen MR) is 94.9 cm³/mol. The molecule has 2 rings (SSSR count). The number of benzene rings is 2. The van der Waals surface area contributed by atoms with Crippen LogP contribution in [-0.2, 0) is 6.18 Å². The van der Waals surface area contributed by atoms with Crippen molar-refractivity contribution in [1.29, 1.82) is 0 Å². The Balaban J connectivity index is 2.13. The van der Waals surface area contributed by atoms with Gasteiger partial charge in [-0.15, -0.1) is 0 Å². The van der Waals surface area contributed by atoms with E-state index >= 15 is 0 Å². The highest BCUT2D eigenvalue weighted by molar-refractivity contribution is 6.37. The minimum atomic E-state index is -4.41. The number of alkyl halides is 3. The zero-order valence-electron chi connectivity index (χ0n) is 13.4. The van der Waals surface area contributed by atoms with E-state index in [0.29, 0.717) is 21.4 Å². The van der Waals surface area contributed by atoms with Crippen LogP contribution in [0.1, 0.15) is 25.0 Å². The molecule has 2 aromatic rings. The average Bonchev–Trinajstić information content (AvgIpc) is 2.50. The lowest BCUT2D eigenvalue weighted by Crippen LogP contribution is -2.06. The van der Waals surface area contributed by atoms with Gasteiger partial charge in [0.2, 0.25) is 0 Å². The van der Waals surface area contributed by atoms with E-state index in [1.807, 2.05) is 13.8 Å². The summed E-state index contributed by atoms with van der Waals surface area (Å²) in [5.74, 6) is 0.376. The molecular weight excluding hydrogens is 376 g/mol. The minimum Gasteiger partial charge on any atom is -0.488 e. The molecule has 0 bridgehead atoms. The van der Waals surface area contributed by atoms with Gasteiger partial charge in [0.25, 0.3) is 0 Å². The van der Waals surface area contributed by atoms with Crippen molar-refractivity contribution in [3.8, 4) is 5.75 Å². The van der Waals surface area contributed by atoms with Crippen LogP contribution in [0.25, 0.3) is 0 Å². The molecule has 0 heterocycles. The maximum Gasteiger partial charge on any atom is 0.416 e. The third-order valence-corrected chi connectivity index (χ3v) is 3.53. The molecule has 25 heavy (non-hydrogen) atoms. The summed E-state index contributed by atoms with van der Waals surface area (Å²) in [6.07, 6.45) is -3.09. The standard InChI is InChI=1S/C17H15Cl2F3N2O/c1-10(2)25-16-14(18)6-11(7-15(16)19)9-23-24-13-5-3-4-12(8-13)17(20,21)22/h3-10,24H,1-2H3. The Kier molecular flexibility index (Phi) is 6.19. The lowest BCUT2D eigenvalue weighted by atomic mass is 10.2. The van der Waals surface area contributed by atoms with Crippen molar-refractivity contribution in [2.75, 3.05) is 5.43 Å². The molecule has 0 unspecified atom stereocenters. The van der Waals surface area contributed by atoms with Crippen molar-refractivity contribution in [1.82, 2.24) is 0 Å². The van der Waals surface area contributed by atoms with Crippen LogP contribution in [0.3, 0.4) is 0 Å². The van der Waals surface area contributed by atoms with Gasteiger partial charge in [0.15, 0.2) is 5.75 Å². The Morgan fingerprint density at radius 1 is 1.12 bits per heavy atom. The molecule has 134 valence electrons. The molecule has 0 aliphatic heterocycles. The van der Waals surface area contributed by atoms with Gasteiger partial charge in [0.05, 0.1) is 33.6 Å². The highest BCUT2D eigenvalue weighted by atomic mass is 35.5. The zero-order valence-corrected chi connectivity index (χ0v) is 14.9. The van der Waals surface area contributed by atoms with Crippen molar-refractivity contribution < 1.29 is 17.9 Å². The molecule has 0 saturated heterocycles. The molecule has 3 nitrogen and oxygen atoms in total. The molecule has 0 amide bonds. The highest BCUT2D eigenvalue weighted by Gasteiger charge is 2.30. The number of rotatable bonds is 5. The van der Waals surface area contributed by atoms with Gasteiger partial charge in [-0.25, -0.2) is 0 Å². The summed E-state index contributed by atoms with van der Waals surface area (Å²) >= 11 is 12.3. The molecule has 0 saturated carbocycles. The molecule has 0 aromatic heterocycles. The molecule has 0 spiro atoms. The van der Waals surface area contributed by atoms with E-state index in [4.69, 9.17) is 27.9 Å². The smallest absolute Gasteiger partial charge is 0.416 e. The molecule has 1 N–H and O–H groups in total. The van der Waals surface area contributed by atoms with E-state index in [0.717, 1.165) is 12.1 Å². The van der Waals surface area contributed by atoms with Crippen LogP contribution in [-0.4, -0.2) is 12.3 Å². The van der Waals surface area contributed by atoms with Crippen LogP contribution in [0, 0.1) is 0 Å². The number of ether oxygens (including phenoxy) is 1. The Morgan fingerprint density at radius 3 is 2.32 bits per heavy atom. The Bertz CT molecular complexity index is 754. The van der Waals surface area contributed by atoms with E-state index in [2.05, 4.69) is 10.5 Å². The number of nitrogens with one attached hydrogen (secondary N) is 1. The summed E-state index contributed by atoms with van der Waals surface area (Å²) in [6.45, 7) is 3.70. The van der Waals surface area contributed by atoms with Crippen LogP contribution in [0.5, 0.6) is 5.75 Å². The first-order chi connectivity index (χ1) is 11.7. The van der Waals surface area contributed by atoms with Crippen molar-refractivity contribution in [2.24, 2.45) is 5.10 Å². The fourth-order valence-electron chi connectivity index (χ4n) is 1.95. The van der Waals surface area contributed by atoms with Crippen LogP contribution in [0.2, 0.25) is 10.0 Å². The first kappa shape index (κ1) is 19.4. The van der Waals surface area contributed by atoms with Crippen molar-refractivity contribution in [3.63, 3.8) is 0 Å². The first-order valence-electron chi connectivity index (χ1n) is 7.29. The molecule has 0 aliphatic rings. The zero-order chi connectivity index (χ0) is 18.6.